The van der Waals surface area contributed by atoms with Gasteiger partial charge in [0.05, 0.1) is 5.69 Å². The van der Waals surface area contributed by atoms with E-state index >= 15 is 0 Å². The lowest BCUT2D eigenvalue weighted by Gasteiger charge is -2.13. The lowest BCUT2D eigenvalue weighted by atomic mass is 10.1. The Morgan fingerprint density at radius 1 is 1.04 bits per heavy atom. The summed E-state index contributed by atoms with van der Waals surface area (Å²) in [6.45, 7) is 5.64. The Morgan fingerprint density at radius 2 is 1.72 bits per heavy atom. The van der Waals surface area contributed by atoms with Gasteiger partial charge in [-0.2, -0.15) is 13.5 Å². The molecule has 2 aromatic heterocycles. The van der Waals surface area contributed by atoms with Crippen molar-refractivity contribution in [2.45, 2.75) is 25.9 Å². The average Bonchev–Trinajstić information content (AvgIpc) is 3.02. The van der Waals surface area contributed by atoms with Crippen molar-refractivity contribution in [3.8, 4) is 11.5 Å². The van der Waals surface area contributed by atoms with E-state index in [2.05, 4.69) is 14.9 Å². The van der Waals surface area contributed by atoms with Crippen molar-refractivity contribution < 1.29 is 12.8 Å². The van der Waals surface area contributed by atoms with Crippen molar-refractivity contribution in [2.24, 2.45) is 0 Å². The molecule has 3 aromatic rings. The van der Waals surface area contributed by atoms with E-state index in [0.717, 1.165) is 16.7 Å². The van der Waals surface area contributed by atoms with E-state index in [0.29, 0.717) is 11.4 Å². The lowest BCUT2D eigenvalue weighted by molar-refractivity contribution is 0.461. The van der Waals surface area contributed by atoms with Gasteiger partial charge in [0.2, 0.25) is 5.09 Å². The number of rotatable bonds is 4. The maximum atomic E-state index is 12.6. The standard InChI is InChI=1S/C17H17N3O4S/c1-10-8-11(2)17(12(3)9-10)20-25(22,23)16-7-5-14(24-16)13-4-6-15(21)19-18-13/h4-9,20H,1-3H3,(H,19,21). The first kappa shape index (κ1) is 17.0. The molecule has 0 radical (unpaired) electrons. The predicted molar refractivity (Wildman–Crippen MR) is 94.0 cm³/mol. The van der Waals surface area contributed by atoms with E-state index in [1.54, 1.807) is 0 Å². The predicted octanol–water partition coefficient (Wildman–Crippen LogP) is 2.76. The number of aryl methyl sites for hydroxylation is 3. The second-order valence-electron chi connectivity index (χ2n) is 5.80. The SMILES string of the molecule is Cc1cc(C)c(NS(=O)(=O)c2ccc(-c3ccc(=O)[nH]n3)o2)c(C)c1. The quantitative estimate of drug-likeness (QED) is 0.745. The second kappa shape index (κ2) is 6.21. The Morgan fingerprint density at radius 3 is 2.32 bits per heavy atom. The van der Waals surface area contributed by atoms with E-state index in [1.165, 1.54) is 24.3 Å². The molecule has 130 valence electrons. The van der Waals surface area contributed by atoms with Crippen LogP contribution in [0.5, 0.6) is 0 Å². The highest BCUT2D eigenvalue weighted by Gasteiger charge is 2.21. The number of anilines is 1. The number of aromatic nitrogens is 2. The van der Waals surface area contributed by atoms with Gasteiger partial charge in [-0.05, 0) is 50.1 Å². The van der Waals surface area contributed by atoms with Crippen LogP contribution in [0.25, 0.3) is 11.5 Å². The summed E-state index contributed by atoms with van der Waals surface area (Å²) in [6.07, 6.45) is 0. The van der Waals surface area contributed by atoms with Gasteiger partial charge in [0.1, 0.15) is 5.69 Å². The number of hydrogen-bond acceptors (Lipinski definition) is 5. The fraction of sp³-hybridized carbons (Fsp3) is 0.176. The molecule has 0 spiro atoms. The third-order valence-corrected chi connectivity index (χ3v) is 4.91. The van der Waals surface area contributed by atoms with Crippen LogP contribution in [0.4, 0.5) is 5.69 Å². The van der Waals surface area contributed by atoms with E-state index < -0.39 is 10.0 Å². The summed E-state index contributed by atoms with van der Waals surface area (Å²) < 4.78 is 33.2. The summed E-state index contributed by atoms with van der Waals surface area (Å²) in [7, 11) is -3.88. The molecule has 3 rings (SSSR count). The van der Waals surface area contributed by atoms with Crippen LogP contribution in [0, 0.1) is 20.8 Å². The van der Waals surface area contributed by atoms with Gasteiger partial charge in [0.15, 0.2) is 5.76 Å². The second-order valence-corrected chi connectivity index (χ2v) is 7.42. The summed E-state index contributed by atoms with van der Waals surface area (Å²) in [4.78, 5) is 11.1. The molecule has 2 N–H and O–H groups in total. The first-order valence-corrected chi connectivity index (χ1v) is 9.01. The molecule has 8 heteroatoms. The topological polar surface area (TPSA) is 105 Å². The highest BCUT2D eigenvalue weighted by molar-refractivity contribution is 7.92. The number of nitrogens with one attached hydrogen (secondary N) is 2. The molecule has 0 unspecified atom stereocenters. The number of nitrogens with zero attached hydrogens (tertiary/aromatic N) is 1. The maximum Gasteiger partial charge on any atom is 0.295 e. The molecule has 0 saturated carbocycles. The van der Waals surface area contributed by atoms with Crippen molar-refractivity contribution in [2.75, 3.05) is 4.72 Å². The van der Waals surface area contributed by atoms with Crippen LogP contribution in [-0.4, -0.2) is 18.6 Å². The zero-order valence-corrected chi connectivity index (χ0v) is 14.8. The van der Waals surface area contributed by atoms with Crippen molar-refractivity contribution in [3.05, 3.63) is 63.4 Å². The van der Waals surface area contributed by atoms with Gasteiger partial charge in [-0.3, -0.25) is 9.52 Å². The number of benzene rings is 1. The van der Waals surface area contributed by atoms with Gasteiger partial charge in [-0.15, -0.1) is 0 Å². The highest BCUT2D eigenvalue weighted by atomic mass is 32.2. The highest BCUT2D eigenvalue weighted by Crippen LogP contribution is 2.27. The molecule has 2 heterocycles. The Balaban J connectivity index is 1.94. The van der Waals surface area contributed by atoms with E-state index in [4.69, 9.17) is 4.42 Å². The third-order valence-electron chi connectivity index (χ3n) is 3.69. The minimum Gasteiger partial charge on any atom is -0.441 e. The molecule has 0 aliphatic carbocycles. The fourth-order valence-corrected chi connectivity index (χ4v) is 3.75. The van der Waals surface area contributed by atoms with Crippen LogP contribution in [-0.2, 0) is 10.0 Å². The van der Waals surface area contributed by atoms with Crippen molar-refractivity contribution in [1.82, 2.24) is 10.2 Å². The molecular weight excluding hydrogens is 342 g/mol. The van der Waals surface area contributed by atoms with Crippen LogP contribution in [0.1, 0.15) is 16.7 Å². The van der Waals surface area contributed by atoms with Crippen LogP contribution in [0.15, 0.2) is 50.7 Å². The maximum absolute atomic E-state index is 12.6. The molecule has 0 atom stereocenters. The van der Waals surface area contributed by atoms with Crippen molar-refractivity contribution in [3.63, 3.8) is 0 Å². The molecule has 0 fully saturated rings. The van der Waals surface area contributed by atoms with Gasteiger partial charge < -0.3 is 4.42 Å². The van der Waals surface area contributed by atoms with E-state index in [9.17, 15) is 13.2 Å². The van der Waals surface area contributed by atoms with Crippen molar-refractivity contribution >= 4 is 15.7 Å². The first-order valence-electron chi connectivity index (χ1n) is 7.53. The Kier molecular flexibility index (Phi) is 4.22. The monoisotopic (exact) mass is 359 g/mol. The molecule has 0 aliphatic rings. The summed E-state index contributed by atoms with van der Waals surface area (Å²) >= 11 is 0. The number of hydrogen-bond donors (Lipinski definition) is 2. The van der Waals surface area contributed by atoms with Gasteiger partial charge >= 0.3 is 0 Å². The van der Waals surface area contributed by atoms with Gasteiger partial charge in [0.25, 0.3) is 15.6 Å². The normalized spacial score (nSPS) is 11.5. The first-order chi connectivity index (χ1) is 11.8. The minimum atomic E-state index is -3.88. The minimum absolute atomic E-state index is 0.227. The van der Waals surface area contributed by atoms with Crippen LogP contribution in [0.2, 0.25) is 0 Å². The van der Waals surface area contributed by atoms with Crippen LogP contribution in [0.3, 0.4) is 0 Å². The smallest absolute Gasteiger partial charge is 0.295 e. The lowest BCUT2D eigenvalue weighted by Crippen LogP contribution is -2.14. The zero-order valence-electron chi connectivity index (χ0n) is 14.0. The van der Waals surface area contributed by atoms with Crippen LogP contribution < -0.4 is 10.3 Å². The molecule has 0 aliphatic heterocycles. The Labute approximate surface area is 144 Å². The molecule has 0 amide bonds. The van der Waals surface area contributed by atoms with Gasteiger partial charge in [0, 0.05) is 6.07 Å². The zero-order chi connectivity index (χ0) is 18.2. The molecule has 7 nitrogen and oxygen atoms in total. The number of sulfonamides is 1. The molecule has 1 aromatic carbocycles. The summed E-state index contributed by atoms with van der Waals surface area (Å²) in [6, 6.07) is 9.39. The Hall–Kier alpha value is -2.87. The summed E-state index contributed by atoms with van der Waals surface area (Å²) in [5.74, 6) is 0.244. The van der Waals surface area contributed by atoms with Crippen molar-refractivity contribution in [1.29, 1.82) is 0 Å². The van der Waals surface area contributed by atoms with E-state index in [1.807, 2.05) is 32.9 Å². The summed E-state index contributed by atoms with van der Waals surface area (Å²) in [5.41, 5.74) is 3.23. The fourth-order valence-electron chi connectivity index (χ4n) is 2.61. The Bertz CT molecular complexity index is 1050. The van der Waals surface area contributed by atoms with E-state index in [-0.39, 0.29) is 16.4 Å². The summed E-state index contributed by atoms with van der Waals surface area (Å²) in [5, 5.41) is 5.87. The molecule has 0 bridgehead atoms. The largest absolute Gasteiger partial charge is 0.441 e. The average molecular weight is 359 g/mol. The number of aromatic amines is 1. The molecular formula is C17H17N3O4S. The number of furan rings is 1. The molecule has 25 heavy (non-hydrogen) atoms. The number of H-pyrrole nitrogens is 1. The van der Waals surface area contributed by atoms with Crippen LogP contribution >= 0.6 is 0 Å². The van der Waals surface area contributed by atoms with Gasteiger partial charge in [-0.1, -0.05) is 17.7 Å². The van der Waals surface area contributed by atoms with Gasteiger partial charge in [-0.25, -0.2) is 5.10 Å². The third kappa shape index (κ3) is 3.48. The molecule has 0 saturated heterocycles.